The van der Waals surface area contributed by atoms with Gasteiger partial charge in [-0.05, 0) is 18.4 Å². The highest BCUT2D eigenvalue weighted by atomic mass is 32.1. The SMILES string of the molecule is CCOC(=O)C(=O)/C(=C/N(C)C)C(=O)c1cccs1. The van der Waals surface area contributed by atoms with Gasteiger partial charge in [0.15, 0.2) is 0 Å². The fourth-order valence-electron chi connectivity index (χ4n) is 1.33. The summed E-state index contributed by atoms with van der Waals surface area (Å²) < 4.78 is 4.64. The molecule has 6 heteroatoms. The molecule has 0 fully saturated rings. The second-order valence-electron chi connectivity index (χ2n) is 3.86. The standard InChI is InChI=1S/C13H15NO4S/c1-4-18-13(17)12(16)9(8-14(2)3)11(15)10-6-5-7-19-10/h5-8H,4H2,1-3H3/b9-8+. The molecule has 19 heavy (non-hydrogen) atoms. The molecule has 1 rings (SSSR count). The zero-order valence-electron chi connectivity index (χ0n) is 11.0. The van der Waals surface area contributed by atoms with Crippen LogP contribution >= 0.6 is 11.3 Å². The Hall–Kier alpha value is -1.95. The summed E-state index contributed by atoms with van der Waals surface area (Å²) in [6.07, 6.45) is 1.33. The molecule has 5 nitrogen and oxygen atoms in total. The van der Waals surface area contributed by atoms with Crippen LogP contribution in [0.3, 0.4) is 0 Å². The van der Waals surface area contributed by atoms with Gasteiger partial charge in [-0.3, -0.25) is 9.59 Å². The van der Waals surface area contributed by atoms with Gasteiger partial charge in [0.1, 0.15) is 0 Å². The fraction of sp³-hybridized carbons (Fsp3) is 0.308. The molecule has 0 spiro atoms. The largest absolute Gasteiger partial charge is 0.460 e. The highest BCUT2D eigenvalue weighted by Crippen LogP contribution is 2.16. The average molecular weight is 281 g/mol. The van der Waals surface area contributed by atoms with Gasteiger partial charge < -0.3 is 9.64 Å². The van der Waals surface area contributed by atoms with Gasteiger partial charge in [-0.2, -0.15) is 0 Å². The number of carbonyl (C=O) groups is 3. The number of esters is 1. The number of carbonyl (C=O) groups excluding carboxylic acids is 3. The number of Topliss-reactive ketones (excluding diaryl/α,β-unsaturated/α-hetero) is 2. The second kappa shape index (κ2) is 6.84. The van der Waals surface area contributed by atoms with Crippen LogP contribution in [-0.2, 0) is 14.3 Å². The first-order chi connectivity index (χ1) is 8.97. The lowest BCUT2D eigenvalue weighted by Gasteiger charge is -2.09. The first kappa shape index (κ1) is 15.1. The van der Waals surface area contributed by atoms with E-state index in [2.05, 4.69) is 4.74 Å². The molecule has 0 radical (unpaired) electrons. The van der Waals surface area contributed by atoms with Crippen LogP contribution in [0.15, 0.2) is 29.3 Å². The molecular weight excluding hydrogens is 266 g/mol. The first-order valence-electron chi connectivity index (χ1n) is 5.65. The van der Waals surface area contributed by atoms with E-state index in [-0.39, 0.29) is 12.2 Å². The molecule has 1 aromatic heterocycles. The Bertz CT molecular complexity index is 503. The highest BCUT2D eigenvalue weighted by Gasteiger charge is 2.27. The van der Waals surface area contributed by atoms with Crippen molar-refractivity contribution in [2.24, 2.45) is 0 Å². The monoisotopic (exact) mass is 281 g/mol. The second-order valence-corrected chi connectivity index (χ2v) is 4.81. The van der Waals surface area contributed by atoms with Crippen LogP contribution in [-0.4, -0.2) is 43.1 Å². The molecule has 0 aliphatic carbocycles. The van der Waals surface area contributed by atoms with Crippen molar-refractivity contribution in [2.45, 2.75) is 6.92 Å². The molecule has 1 heterocycles. The molecule has 0 bridgehead atoms. The van der Waals surface area contributed by atoms with E-state index < -0.39 is 17.5 Å². The minimum absolute atomic E-state index is 0.0903. The number of hydrogen-bond acceptors (Lipinski definition) is 6. The fourth-order valence-corrected chi connectivity index (χ4v) is 2.00. The molecule has 102 valence electrons. The number of hydrogen-bond donors (Lipinski definition) is 0. The van der Waals surface area contributed by atoms with Gasteiger partial charge >= 0.3 is 5.97 Å². The Morgan fingerprint density at radius 1 is 1.37 bits per heavy atom. The normalized spacial score (nSPS) is 11.0. The van der Waals surface area contributed by atoms with Crippen LogP contribution in [0.5, 0.6) is 0 Å². The number of rotatable bonds is 6. The third-order valence-corrected chi connectivity index (χ3v) is 2.95. The van der Waals surface area contributed by atoms with Crippen molar-refractivity contribution in [3.8, 4) is 0 Å². The Morgan fingerprint density at radius 3 is 2.53 bits per heavy atom. The zero-order chi connectivity index (χ0) is 14.4. The Kier molecular flexibility index (Phi) is 5.44. The summed E-state index contributed by atoms with van der Waals surface area (Å²) in [5.41, 5.74) is -0.189. The quantitative estimate of drug-likeness (QED) is 0.197. The molecule has 0 atom stereocenters. The number of ether oxygens (including phenoxy) is 1. The molecule has 0 amide bonds. The van der Waals surface area contributed by atoms with E-state index in [1.165, 1.54) is 22.4 Å². The van der Waals surface area contributed by atoms with Crippen molar-refractivity contribution in [1.82, 2.24) is 4.90 Å². The minimum atomic E-state index is -1.01. The maximum Gasteiger partial charge on any atom is 0.379 e. The summed E-state index contributed by atoms with van der Waals surface area (Å²) in [6.45, 7) is 1.69. The van der Waals surface area contributed by atoms with Crippen LogP contribution in [0.1, 0.15) is 16.6 Å². The van der Waals surface area contributed by atoms with Crippen LogP contribution in [0.2, 0.25) is 0 Å². The van der Waals surface area contributed by atoms with E-state index in [1.54, 1.807) is 38.5 Å². The maximum atomic E-state index is 12.2. The third-order valence-electron chi connectivity index (χ3n) is 2.08. The molecule has 1 aromatic rings. The lowest BCUT2D eigenvalue weighted by molar-refractivity contribution is -0.151. The predicted octanol–water partition coefficient (Wildman–Crippen LogP) is 1.51. The van der Waals surface area contributed by atoms with Crippen molar-refractivity contribution in [1.29, 1.82) is 0 Å². The Balaban J connectivity index is 3.06. The number of ketones is 2. The summed E-state index contributed by atoms with van der Waals surface area (Å²) in [4.78, 5) is 37.5. The number of nitrogens with zero attached hydrogens (tertiary/aromatic N) is 1. The molecule has 0 N–H and O–H groups in total. The van der Waals surface area contributed by atoms with Crippen LogP contribution in [0, 0.1) is 0 Å². The van der Waals surface area contributed by atoms with E-state index in [9.17, 15) is 14.4 Å². The molecule has 0 saturated heterocycles. The summed E-state index contributed by atoms with van der Waals surface area (Å²) in [7, 11) is 3.33. The summed E-state index contributed by atoms with van der Waals surface area (Å²) in [5, 5.41) is 1.73. The Labute approximate surface area is 115 Å². The molecule has 0 saturated carbocycles. The van der Waals surface area contributed by atoms with Crippen LogP contribution in [0.25, 0.3) is 0 Å². The summed E-state index contributed by atoms with van der Waals surface area (Å²) in [6, 6.07) is 3.31. The summed E-state index contributed by atoms with van der Waals surface area (Å²) >= 11 is 1.22. The topological polar surface area (TPSA) is 63.7 Å². The zero-order valence-corrected chi connectivity index (χ0v) is 11.8. The van der Waals surface area contributed by atoms with Crippen molar-refractivity contribution >= 4 is 28.9 Å². The van der Waals surface area contributed by atoms with E-state index in [0.29, 0.717) is 4.88 Å². The van der Waals surface area contributed by atoms with E-state index in [4.69, 9.17) is 0 Å². The molecule has 0 unspecified atom stereocenters. The molecule has 0 aliphatic heterocycles. The molecule has 0 aliphatic rings. The lowest BCUT2D eigenvalue weighted by Crippen LogP contribution is -2.25. The smallest absolute Gasteiger partial charge is 0.379 e. The van der Waals surface area contributed by atoms with Gasteiger partial charge in [0.2, 0.25) is 5.78 Å². The third kappa shape index (κ3) is 4.03. The predicted molar refractivity (Wildman–Crippen MR) is 72.1 cm³/mol. The van der Waals surface area contributed by atoms with Crippen LogP contribution < -0.4 is 0 Å². The number of thiophene rings is 1. The molecular formula is C13H15NO4S. The van der Waals surface area contributed by atoms with Crippen LogP contribution in [0.4, 0.5) is 0 Å². The van der Waals surface area contributed by atoms with E-state index in [0.717, 1.165) is 0 Å². The van der Waals surface area contributed by atoms with Gasteiger partial charge in [-0.25, -0.2) is 4.79 Å². The van der Waals surface area contributed by atoms with Gasteiger partial charge in [-0.1, -0.05) is 6.07 Å². The Morgan fingerprint density at radius 2 is 2.05 bits per heavy atom. The molecule has 0 aromatic carbocycles. The van der Waals surface area contributed by atoms with E-state index >= 15 is 0 Å². The van der Waals surface area contributed by atoms with Gasteiger partial charge in [0.25, 0.3) is 5.78 Å². The van der Waals surface area contributed by atoms with Gasteiger partial charge in [-0.15, -0.1) is 11.3 Å². The van der Waals surface area contributed by atoms with Gasteiger partial charge in [0.05, 0.1) is 17.1 Å². The maximum absolute atomic E-state index is 12.2. The van der Waals surface area contributed by atoms with Crippen molar-refractivity contribution in [3.05, 3.63) is 34.2 Å². The lowest BCUT2D eigenvalue weighted by atomic mass is 10.1. The van der Waals surface area contributed by atoms with Gasteiger partial charge in [0, 0.05) is 20.3 Å². The first-order valence-corrected chi connectivity index (χ1v) is 6.53. The summed E-state index contributed by atoms with van der Waals surface area (Å²) in [5.74, 6) is -2.41. The highest BCUT2D eigenvalue weighted by molar-refractivity contribution is 7.12. The van der Waals surface area contributed by atoms with Crippen molar-refractivity contribution < 1.29 is 19.1 Å². The van der Waals surface area contributed by atoms with E-state index in [1.807, 2.05) is 0 Å². The average Bonchev–Trinajstić information content (AvgIpc) is 2.88. The van der Waals surface area contributed by atoms with Crippen molar-refractivity contribution in [2.75, 3.05) is 20.7 Å². The van der Waals surface area contributed by atoms with Crippen molar-refractivity contribution in [3.63, 3.8) is 0 Å². The minimum Gasteiger partial charge on any atom is -0.460 e.